The minimum absolute atomic E-state index is 0. The van der Waals surface area contributed by atoms with Crippen LogP contribution in [0.1, 0.15) is 59.8 Å². The van der Waals surface area contributed by atoms with Gasteiger partial charge in [-0.15, -0.1) is 0 Å². The molecule has 5 unspecified atom stereocenters. The number of piperidine rings is 1. The lowest BCUT2D eigenvalue weighted by molar-refractivity contribution is -0.0751. The van der Waals surface area contributed by atoms with Crippen LogP contribution in [0, 0.1) is 23.7 Å². The number of hydrogen-bond donors (Lipinski definition) is 1. The first-order valence-electron chi connectivity index (χ1n) is 9.47. The Morgan fingerprint density at radius 2 is 1.87 bits per heavy atom. The highest BCUT2D eigenvalue weighted by Crippen LogP contribution is 2.35. The molecule has 138 valence electrons. The average molecular weight is 347 g/mol. The molecule has 1 saturated carbocycles. The lowest BCUT2D eigenvalue weighted by Gasteiger charge is -2.38. The highest BCUT2D eigenvalue weighted by molar-refractivity contribution is 4.82. The second-order valence-corrected chi connectivity index (χ2v) is 8.36. The SMILES string of the molecule is CC1CCC(C(C)C)C(OCC(O)CN2CCCC(C)C2)C1.[Cl-]. The average Bonchev–Trinajstić information content (AvgIpc) is 2.45. The van der Waals surface area contributed by atoms with E-state index in [-0.39, 0.29) is 18.5 Å². The summed E-state index contributed by atoms with van der Waals surface area (Å²) < 4.78 is 6.18. The number of likely N-dealkylation sites (tertiary alicyclic amines) is 1. The van der Waals surface area contributed by atoms with Crippen LogP contribution in [0.2, 0.25) is 0 Å². The van der Waals surface area contributed by atoms with Gasteiger partial charge in [-0.3, -0.25) is 0 Å². The topological polar surface area (TPSA) is 32.7 Å². The molecule has 2 aliphatic rings. The van der Waals surface area contributed by atoms with Crippen molar-refractivity contribution in [3.8, 4) is 0 Å². The van der Waals surface area contributed by atoms with Crippen molar-refractivity contribution < 1.29 is 22.3 Å². The zero-order chi connectivity index (χ0) is 16.1. The Labute approximate surface area is 149 Å². The molecule has 0 aromatic heterocycles. The van der Waals surface area contributed by atoms with Crippen LogP contribution in [-0.4, -0.2) is 48.5 Å². The molecule has 23 heavy (non-hydrogen) atoms. The molecule has 2 rings (SSSR count). The summed E-state index contributed by atoms with van der Waals surface area (Å²) in [5, 5.41) is 10.3. The maximum absolute atomic E-state index is 10.3. The van der Waals surface area contributed by atoms with Crippen molar-refractivity contribution >= 4 is 0 Å². The smallest absolute Gasteiger partial charge is 0.0900 e. The summed E-state index contributed by atoms with van der Waals surface area (Å²) in [5.74, 6) is 2.88. The number of aliphatic hydroxyl groups is 1. The Kier molecular flexibility index (Phi) is 9.43. The Bertz CT molecular complexity index is 326. The Hall–Kier alpha value is 0.170. The van der Waals surface area contributed by atoms with E-state index >= 15 is 0 Å². The third-order valence-electron chi connectivity index (χ3n) is 5.67. The van der Waals surface area contributed by atoms with Gasteiger partial charge < -0.3 is 27.2 Å². The molecule has 1 saturated heterocycles. The first kappa shape index (κ1) is 21.2. The van der Waals surface area contributed by atoms with Crippen LogP contribution in [-0.2, 0) is 4.74 Å². The molecule has 0 amide bonds. The normalized spacial score (nSPS) is 34.2. The van der Waals surface area contributed by atoms with Crippen molar-refractivity contribution in [2.24, 2.45) is 23.7 Å². The summed E-state index contributed by atoms with van der Waals surface area (Å²) >= 11 is 0. The standard InChI is InChI=1S/C19H37NO2.ClH/c1-14(2)18-8-7-15(3)10-19(18)22-13-17(21)12-20-9-5-6-16(4)11-20;/h14-19,21H,5-13H2,1-4H3;1H/p-1. The van der Waals surface area contributed by atoms with Gasteiger partial charge in [0.25, 0.3) is 0 Å². The minimum Gasteiger partial charge on any atom is -1.00 e. The molecule has 2 fully saturated rings. The van der Waals surface area contributed by atoms with Crippen LogP contribution in [0.4, 0.5) is 0 Å². The van der Waals surface area contributed by atoms with Crippen LogP contribution in [0.3, 0.4) is 0 Å². The summed E-state index contributed by atoms with van der Waals surface area (Å²) in [4.78, 5) is 2.41. The summed E-state index contributed by atoms with van der Waals surface area (Å²) in [5.41, 5.74) is 0. The van der Waals surface area contributed by atoms with Gasteiger partial charge in [-0.1, -0.05) is 34.1 Å². The molecule has 1 heterocycles. The highest BCUT2D eigenvalue weighted by atomic mass is 35.5. The zero-order valence-electron chi connectivity index (χ0n) is 15.5. The fourth-order valence-corrected chi connectivity index (χ4v) is 4.34. The van der Waals surface area contributed by atoms with E-state index in [4.69, 9.17) is 4.74 Å². The molecular weight excluding hydrogens is 310 g/mol. The van der Waals surface area contributed by atoms with E-state index in [0.717, 1.165) is 37.9 Å². The van der Waals surface area contributed by atoms with Crippen molar-refractivity contribution in [1.29, 1.82) is 0 Å². The first-order valence-corrected chi connectivity index (χ1v) is 9.47. The van der Waals surface area contributed by atoms with Gasteiger partial charge in [-0.25, -0.2) is 0 Å². The Morgan fingerprint density at radius 3 is 2.52 bits per heavy atom. The maximum atomic E-state index is 10.3. The van der Waals surface area contributed by atoms with Crippen LogP contribution in [0.5, 0.6) is 0 Å². The van der Waals surface area contributed by atoms with Crippen molar-refractivity contribution in [2.45, 2.75) is 72.0 Å². The Morgan fingerprint density at radius 1 is 1.13 bits per heavy atom. The molecule has 0 bridgehead atoms. The third kappa shape index (κ3) is 6.89. The van der Waals surface area contributed by atoms with Gasteiger partial charge in [0.2, 0.25) is 0 Å². The number of nitrogens with zero attached hydrogens (tertiary/aromatic N) is 1. The van der Waals surface area contributed by atoms with Gasteiger partial charge in [0.1, 0.15) is 0 Å². The van der Waals surface area contributed by atoms with E-state index < -0.39 is 0 Å². The van der Waals surface area contributed by atoms with E-state index in [2.05, 4.69) is 32.6 Å². The number of rotatable bonds is 6. The van der Waals surface area contributed by atoms with Crippen LogP contribution in [0.15, 0.2) is 0 Å². The van der Waals surface area contributed by atoms with Crippen molar-refractivity contribution in [2.75, 3.05) is 26.2 Å². The zero-order valence-corrected chi connectivity index (χ0v) is 16.3. The van der Waals surface area contributed by atoms with Gasteiger partial charge in [0.05, 0.1) is 18.8 Å². The molecule has 0 aromatic carbocycles. The van der Waals surface area contributed by atoms with Crippen LogP contribution in [0.25, 0.3) is 0 Å². The van der Waals surface area contributed by atoms with Crippen LogP contribution < -0.4 is 12.4 Å². The molecule has 3 nitrogen and oxygen atoms in total. The number of ether oxygens (including phenoxy) is 1. The molecule has 4 heteroatoms. The largest absolute Gasteiger partial charge is 1.00 e. The third-order valence-corrected chi connectivity index (χ3v) is 5.67. The molecule has 0 spiro atoms. The molecule has 0 aromatic rings. The molecule has 1 N–H and O–H groups in total. The Balaban J connectivity index is 0.00000264. The van der Waals surface area contributed by atoms with Crippen molar-refractivity contribution in [3.63, 3.8) is 0 Å². The second kappa shape index (κ2) is 10.2. The quantitative estimate of drug-likeness (QED) is 0.763. The van der Waals surface area contributed by atoms with Gasteiger partial charge >= 0.3 is 0 Å². The first-order chi connectivity index (χ1) is 10.5. The van der Waals surface area contributed by atoms with E-state index in [1.165, 1.54) is 25.7 Å². The predicted octanol–water partition coefficient (Wildman–Crippen LogP) is 0.561. The summed E-state index contributed by atoms with van der Waals surface area (Å²) in [6.07, 6.45) is 6.38. The number of aliphatic hydroxyl groups excluding tert-OH is 1. The monoisotopic (exact) mass is 346 g/mol. The van der Waals surface area contributed by atoms with Gasteiger partial charge in [0, 0.05) is 13.1 Å². The van der Waals surface area contributed by atoms with Crippen LogP contribution >= 0.6 is 0 Å². The molecule has 0 radical (unpaired) electrons. The van der Waals surface area contributed by atoms with Crippen molar-refractivity contribution in [1.82, 2.24) is 4.90 Å². The van der Waals surface area contributed by atoms with E-state index in [1.54, 1.807) is 0 Å². The molecule has 5 atom stereocenters. The van der Waals surface area contributed by atoms with E-state index in [9.17, 15) is 5.11 Å². The second-order valence-electron chi connectivity index (χ2n) is 8.36. The summed E-state index contributed by atoms with van der Waals surface area (Å²) in [7, 11) is 0. The van der Waals surface area contributed by atoms with Gasteiger partial charge in [-0.2, -0.15) is 0 Å². The van der Waals surface area contributed by atoms with E-state index in [0.29, 0.717) is 24.5 Å². The molecule has 1 aliphatic heterocycles. The van der Waals surface area contributed by atoms with Gasteiger partial charge in [-0.05, 0) is 55.9 Å². The lowest BCUT2D eigenvalue weighted by Crippen LogP contribution is -3.00. The number of hydrogen-bond acceptors (Lipinski definition) is 3. The number of β-amino-alcohol motifs (C(OH)–C–C–N with tert-alkyl or cyclic N) is 1. The minimum atomic E-state index is -0.338. The summed E-state index contributed by atoms with van der Waals surface area (Å²) in [6, 6.07) is 0. The highest BCUT2D eigenvalue weighted by Gasteiger charge is 2.32. The van der Waals surface area contributed by atoms with Gasteiger partial charge in [0.15, 0.2) is 0 Å². The predicted molar refractivity (Wildman–Crippen MR) is 91.9 cm³/mol. The van der Waals surface area contributed by atoms with E-state index in [1.807, 2.05) is 0 Å². The lowest BCUT2D eigenvalue weighted by atomic mass is 9.75. The number of halogens is 1. The van der Waals surface area contributed by atoms with Crippen molar-refractivity contribution in [3.05, 3.63) is 0 Å². The fourth-order valence-electron chi connectivity index (χ4n) is 4.34. The maximum Gasteiger partial charge on any atom is 0.0900 e. The molecule has 1 aliphatic carbocycles. The fraction of sp³-hybridized carbons (Fsp3) is 1.00. The molecular formula is C19H37ClNO2-. The summed E-state index contributed by atoms with van der Waals surface area (Å²) in [6.45, 7) is 12.8.